The standard InChI is InChI=1S/C13H12O4/c1-15-9-17-13-7-11-5-3-2-4-10(11)6-12(13)16-8-14/h2-8H,9H2,1H3. The van der Waals surface area contributed by atoms with Crippen LogP contribution in [0.15, 0.2) is 36.4 Å². The monoisotopic (exact) mass is 232 g/mol. The fraction of sp³-hybridized carbons (Fsp3) is 0.154. The second kappa shape index (κ2) is 5.32. The quantitative estimate of drug-likeness (QED) is 0.586. The average molecular weight is 232 g/mol. The minimum absolute atomic E-state index is 0.105. The molecule has 2 rings (SSSR count). The van der Waals surface area contributed by atoms with Crippen molar-refractivity contribution in [1.29, 1.82) is 0 Å². The summed E-state index contributed by atoms with van der Waals surface area (Å²) in [6.45, 7) is 0.483. The van der Waals surface area contributed by atoms with E-state index in [1.54, 1.807) is 6.07 Å². The zero-order chi connectivity index (χ0) is 12.1. The molecule has 0 atom stereocenters. The van der Waals surface area contributed by atoms with Gasteiger partial charge in [-0.1, -0.05) is 24.3 Å². The van der Waals surface area contributed by atoms with Crippen molar-refractivity contribution in [3.05, 3.63) is 36.4 Å². The molecule has 0 spiro atoms. The molecule has 0 aromatic heterocycles. The van der Waals surface area contributed by atoms with Gasteiger partial charge >= 0.3 is 0 Å². The number of methoxy groups -OCH3 is 1. The summed E-state index contributed by atoms with van der Waals surface area (Å²) in [5.41, 5.74) is 0. The molecule has 0 fully saturated rings. The van der Waals surface area contributed by atoms with Gasteiger partial charge in [0.15, 0.2) is 18.3 Å². The fourth-order valence-electron chi connectivity index (χ4n) is 1.58. The van der Waals surface area contributed by atoms with Crippen LogP contribution in [0.4, 0.5) is 0 Å². The predicted octanol–water partition coefficient (Wildman–Crippen LogP) is 2.36. The second-order valence-electron chi connectivity index (χ2n) is 3.41. The van der Waals surface area contributed by atoms with Crippen molar-refractivity contribution in [3.63, 3.8) is 0 Å². The highest BCUT2D eigenvalue weighted by Gasteiger charge is 2.07. The third-order valence-corrected chi connectivity index (χ3v) is 2.32. The van der Waals surface area contributed by atoms with Crippen LogP contribution in [0.5, 0.6) is 11.5 Å². The number of carbonyl (C=O) groups is 1. The molecule has 0 radical (unpaired) electrons. The zero-order valence-corrected chi connectivity index (χ0v) is 9.38. The van der Waals surface area contributed by atoms with Crippen molar-refractivity contribution >= 4 is 17.2 Å². The van der Waals surface area contributed by atoms with E-state index in [1.807, 2.05) is 30.3 Å². The van der Waals surface area contributed by atoms with Crippen molar-refractivity contribution < 1.29 is 19.0 Å². The number of carbonyl (C=O) groups excluding carboxylic acids is 1. The molecule has 0 aliphatic rings. The Morgan fingerprint density at radius 3 is 2.35 bits per heavy atom. The summed E-state index contributed by atoms with van der Waals surface area (Å²) >= 11 is 0. The average Bonchev–Trinajstić information content (AvgIpc) is 2.36. The Morgan fingerprint density at radius 2 is 1.76 bits per heavy atom. The van der Waals surface area contributed by atoms with Gasteiger partial charge in [0.2, 0.25) is 0 Å². The van der Waals surface area contributed by atoms with Gasteiger partial charge in [-0.2, -0.15) is 0 Å². The summed E-state index contributed by atoms with van der Waals surface area (Å²) in [4.78, 5) is 10.4. The predicted molar refractivity (Wildman–Crippen MR) is 63.1 cm³/mol. The lowest BCUT2D eigenvalue weighted by Crippen LogP contribution is -2.01. The highest BCUT2D eigenvalue weighted by Crippen LogP contribution is 2.32. The molecule has 0 aliphatic heterocycles. The van der Waals surface area contributed by atoms with Crippen LogP contribution in [-0.2, 0) is 9.53 Å². The van der Waals surface area contributed by atoms with E-state index >= 15 is 0 Å². The molecule has 0 bridgehead atoms. The highest BCUT2D eigenvalue weighted by atomic mass is 16.7. The van der Waals surface area contributed by atoms with Crippen LogP contribution in [0, 0.1) is 0 Å². The lowest BCUT2D eigenvalue weighted by atomic mass is 10.1. The van der Waals surface area contributed by atoms with E-state index in [-0.39, 0.29) is 6.79 Å². The maximum Gasteiger partial charge on any atom is 0.298 e. The van der Waals surface area contributed by atoms with Gasteiger partial charge in [-0.15, -0.1) is 0 Å². The summed E-state index contributed by atoms with van der Waals surface area (Å²) in [5.74, 6) is 0.869. The van der Waals surface area contributed by atoms with Crippen molar-refractivity contribution in [2.24, 2.45) is 0 Å². The van der Waals surface area contributed by atoms with E-state index in [9.17, 15) is 4.79 Å². The molecule has 17 heavy (non-hydrogen) atoms. The van der Waals surface area contributed by atoms with Gasteiger partial charge < -0.3 is 14.2 Å². The van der Waals surface area contributed by atoms with Crippen LogP contribution < -0.4 is 9.47 Å². The summed E-state index contributed by atoms with van der Waals surface area (Å²) < 4.78 is 15.0. The maximum atomic E-state index is 10.4. The molecule has 0 N–H and O–H groups in total. The first-order chi connectivity index (χ1) is 8.35. The second-order valence-corrected chi connectivity index (χ2v) is 3.41. The van der Waals surface area contributed by atoms with Gasteiger partial charge in [0, 0.05) is 7.11 Å². The van der Waals surface area contributed by atoms with E-state index in [0.717, 1.165) is 10.8 Å². The van der Waals surface area contributed by atoms with Crippen LogP contribution in [0.1, 0.15) is 0 Å². The van der Waals surface area contributed by atoms with Gasteiger partial charge in [0.05, 0.1) is 0 Å². The van der Waals surface area contributed by atoms with Gasteiger partial charge in [0.1, 0.15) is 0 Å². The zero-order valence-electron chi connectivity index (χ0n) is 9.38. The molecule has 4 nitrogen and oxygen atoms in total. The summed E-state index contributed by atoms with van der Waals surface area (Å²) in [6.07, 6.45) is 0. The van der Waals surface area contributed by atoms with Crippen molar-refractivity contribution in [1.82, 2.24) is 0 Å². The Bertz CT molecular complexity index is 522. The fourth-order valence-corrected chi connectivity index (χ4v) is 1.58. The van der Waals surface area contributed by atoms with Gasteiger partial charge in [-0.3, -0.25) is 4.79 Å². The number of hydrogen-bond acceptors (Lipinski definition) is 4. The molecule has 2 aromatic carbocycles. The molecule has 0 aliphatic carbocycles. The third-order valence-electron chi connectivity index (χ3n) is 2.32. The van der Waals surface area contributed by atoms with Crippen LogP contribution in [0.2, 0.25) is 0 Å². The molecule has 0 heterocycles. The molecular weight excluding hydrogens is 220 g/mol. The first kappa shape index (κ1) is 11.4. The third kappa shape index (κ3) is 2.54. The van der Waals surface area contributed by atoms with E-state index < -0.39 is 0 Å². The van der Waals surface area contributed by atoms with Gasteiger partial charge in [-0.05, 0) is 22.9 Å². The SMILES string of the molecule is COCOc1cc2ccccc2cc1OC=O. The molecule has 88 valence electrons. The molecule has 0 unspecified atom stereocenters. The normalized spacial score (nSPS) is 10.2. The molecular formula is C13H12O4. The van der Waals surface area contributed by atoms with Gasteiger partial charge in [0.25, 0.3) is 6.47 Å². The number of rotatable bonds is 5. The first-order valence-corrected chi connectivity index (χ1v) is 5.10. The minimum Gasteiger partial charge on any atom is -0.464 e. The van der Waals surface area contributed by atoms with Crippen LogP contribution in [0.25, 0.3) is 10.8 Å². The molecule has 0 saturated heterocycles. The Hall–Kier alpha value is -2.07. The van der Waals surface area contributed by atoms with E-state index in [1.165, 1.54) is 7.11 Å². The van der Waals surface area contributed by atoms with Crippen LogP contribution in [-0.4, -0.2) is 20.4 Å². The minimum atomic E-state index is 0.105. The Morgan fingerprint density at radius 1 is 1.12 bits per heavy atom. The topological polar surface area (TPSA) is 44.8 Å². The molecule has 0 saturated carbocycles. The lowest BCUT2D eigenvalue weighted by molar-refractivity contribution is -0.120. The Balaban J connectivity index is 2.45. The van der Waals surface area contributed by atoms with Crippen LogP contribution >= 0.6 is 0 Å². The van der Waals surface area contributed by atoms with Crippen molar-refractivity contribution in [2.45, 2.75) is 0 Å². The lowest BCUT2D eigenvalue weighted by Gasteiger charge is -2.10. The number of fused-ring (bicyclic) bond motifs is 1. The van der Waals surface area contributed by atoms with E-state index in [4.69, 9.17) is 14.2 Å². The Labute approximate surface area is 98.7 Å². The van der Waals surface area contributed by atoms with E-state index in [2.05, 4.69) is 0 Å². The number of hydrogen-bond donors (Lipinski definition) is 0. The summed E-state index contributed by atoms with van der Waals surface area (Å²) in [5, 5.41) is 1.99. The van der Waals surface area contributed by atoms with E-state index in [0.29, 0.717) is 18.0 Å². The smallest absolute Gasteiger partial charge is 0.298 e. The van der Waals surface area contributed by atoms with Gasteiger partial charge in [-0.25, -0.2) is 0 Å². The molecule has 2 aromatic rings. The van der Waals surface area contributed by atoms with Crippen LogP contribution in [0.3, 0.4) is 0 Å². The first-order valence-electron chi connectivity index (χ1n) is 5.10. The summed E-state index contributed by atoms with van der Waals surface area (Å²) in [6, 6.07) is 11.3. The Kier molecular flexibility index (Phi) is 3.57. The molecule has 4 heteroatoms. The van der Waals surface area contributed by atoms with Crippen molar-refractivity contribution in [3.8, 4) is 11.5 Å². The van der Waals surface area contributed by atoms with Crippen molar-refractivity contribution in [2.75, 3.05) is 13.9 Å². The maximum absolute atomic E-state index is 10.4. The highest BCUT2D eigenvalue weighted by molar-refractivity contribution is 5.86. The molecule has 0 amide bonds. The summed E-state index contributed by atoms with van der Waals surface area (Å²) in [7, 11) is 1.53. The largest absolute Gasteiger partial charge is 0.464 e. The number of benzene rings is 2. The number of ether oxygens (including phenoxy) is 3.